The Kier molecular flexibility index (Phi) is 5.33. The van der Waals surface area contributed by atoms with Crippen molar-refractivity contribution < 1.29 is 13.5 Å². The van der Waals surface area contributed by atoms with E-state index in [4.69, 9.17) is 5.11 Å². The fraction of sp³-hybridized carbons (Fsp3) is 0.467. The van der Waals surface area contributed by atoms with Crippen LogP contribution in [0, 0.1) is 11.8 Å². The van der Waals surface area contributed by atoms with Crippen molar-refractivity contribution in [1.29, 1.82) is 0 Å². The second kappa shape index (κ2) is 6.84. The lowest BCUT2D eigenvalue weighted by atomic mass is 10.1. The van der Waals surface area contributed by atoms with Crippen LogP contribution in [0.15, 0.2) is 29.2 Å². The number of aliphatic hydroxyl groups excluding tert-OH is 1. The fourth-order valence-corrected chi connectivity index (χ4v) is 4.67. The Labute approximate surface area is 130 Å². The zero-order valence-electron chi connectivity index (χ0n) is 11.9. The van der Waals surface area contributed by atoms with Gasteiger partial charge in [0.25, 0.3) is 0 Å². The van der Waals surface area contributed by atoms with E-state index in [0.29, 0.717) is 12.1 Å². The maximum Gasteiger partial charge on any atom is 0.240 e. The van der Waals surface area contributed by atoms with Gasteiger partial charge in [-0.05, 0) is 49.8 Å². The number of benzene rings is 1. The quantitative estimate of drug-likeness (QED) is 0.825. The maximum absolute atomic E-state index is 12.3. The minimum atomic E-state index is -3.48. The predicted molar refractivity (Wildman–Crippen MR) is 85.7 cm³/mol. The van der Waals surface area contributed by atoms with E-state index in [0.717, 1.165) is 18.6 Å². The summed E-state index contributed by atoms with van der Waals surface area (Å²) in [5.41, 5.74) is 0.682. The topological polar surface area (TPSA) is 66.4 Å². The van der Waals surface area contributed by atoms with Gasteiger partial charge >= 0.3 is 0 Å². The molecule has 2 N–H and O–H groups in total. The number of sulfonamides is 1. The molecule has 0 spiro atoms. The van der Waals surface area contributed by atoms with E-state index < -0.39 is 10.0 Å². The van der Waals surface area contributed by atoms with Gasteiger partial charge in [-0.25, -0.2) is 13.1 Å². The van der Waals surface area contributed by atoms with Crippen LogP contribution in [-0.4, -0.2) is 37.2 Å². The van der Waals surface area contributed by atoms with Crippen LogP contribution in [0.1, 0.15) is 25.3 Å². The molecule has 1 fully saturated rings. The molecule has 4 nitrogen and oxygen atoms in total. The van der Waals surface area contributed by atoms with Crippen molar-refractivity contribution in [2.24, 2.45) is 0 Å². The van der Waals surface area contributed by atoms with Crippen molar-refractivity contribution in [3.8, 4) is 11.8 Å². The van der Waals surface area contributed by atoms with Crippen molar-refractivity contribution in [2.45, 2.75) is 29.4 Å². The van der Waals surface area contributed by atoms with Crippen LogP contribution >= 0.6 is 11.8 Å². The molecule has 0 aliphatic carbocycles. The third-order valence-corrected chi connectivity index (χ3v) is 6.37. The second-order valence-electron chi connectivity index (χ2n) is 5.21. The van der Waals surface area contributed by atoms with Crippen LogP contribution in [0.3, 0.4) is 0 Å². The summed E-state index contributed by atoms with van der Waals surface area (Å²) in [7, 11) is -3.48. The molecule has 6 heteroatoms. The Balaban J connectivity index is 2.05. The first-order chi connectivity index (χ1) is 9.95. The summed E-state index contributed by atoms with van der Waals surface area (Å²) in [5, 5.41) is 8.63. The molecule has 1 atom stereocenters. The van der Waals surface area contributed by atoms with Crippen LogP contribution in [0.25, 0.3) is 0 Å². The zero-order chi connectivity index (χ0) is 15.3. The highest BCUT2D eigenvalue weighted by Crippen LogP contribution is 2.37. The molecule has 1 heterocycles. The van der Waals surface area contributed by atoms with Gasteiger partial charge in [-0.15, -0.1) is 0 Å². The van der Waals surface area contributed by atoms with E-state index in [1.165, 1.54) is 12.1 Å². The van der Waals surface area contributed by atoms with Crippen molar-refractivity contribution >= 4 is 21.8 Å². The first kappa shape index (κ1) is 16.4. The van der Waals surface area contributed by atoms with E-state index >= 15 is 0 Å². The van der Waals surface area contributed by atoms with E-state index in [2.05, 4.69) is 23.5 Å². The predicted octanol–water partition coefficient (Wildman–Crippen LogP) is 1.59. The Morgan fingerprint density at radius 3 is 2.67 bits per heavy atom. The molecule has 0 radical (unpaired) electrons. The lowest BCUT2D eigenvalue weighted by Gasteiger charge is -2.22. The van der Waals surface area contributed by atoms with Crippen molar-refractivity contribution in [3.05, 3.63) is 29.8 Å². The Morgan fingerprint density at radius 1 is 1.38 bits per heavy atom. The minimum Gasteiger partial charge on any atom is -0.384 e. The summed E-state index contributed by atoms with van der Waals surface area (Å²) in [6, 6.07) is 6.36. The maximum atomic E-state index is 12.3. The van der Waals surface area contributed by atoms with Gasteiger partial charge in [0.05, 0.1) is 4.90 Å². The molecular weight excluding hydrogens is 306 g/mol. The average Bonchev–Trinajstić information content (AvgIpc) is 2.91. The van der Waals surface area contributed by atoms with E-state index in [9.17, 15) is 8.42 Å². The minimum absolute atomic E-state index is 0.000385. The van der Waals surface area contributed by atoms with Gasteiger partial charge in [0.1, 0.15) is 6.61 Å². The summed E-state index contributed by atoms with van der Waals surface area (Å²) >= 11 is 1.82. The van der Waals surface area contributed by atoms with Crippen LogP contribution < -0.4 is 4.72 Å². The molecule has 21 heavy (non-hydrogen) atoms. The van der Waals surface area contributed by atoms with Gasteiger partial charge in [0, 0.05) is 16.9 Å². The molecule has 2 rings (SSSR count). The highest BCUT2D eigenvalue weighted by molar-refractivity contribution is 8.01. The van der Waals surface area contributed by atoms with Gasteiger partial charge < -0.3 is 5.11 Å². The third kappa shape index (κ3) is 4.48. The van der Waals surface area contributed by atoms with Gasteiger partial charge in [0.15, 0.2) is 0 Å². The largest absolute Gasteiger partial charge is 0.384 e. The first-order valence-electron chi connectivity index (χ1n) is 6.79. The smallest absolute Gasteiger partial charge is 0.240 e. The molecule has 0 bridgehead atoms. The molecule has 1 aromatic rings. The van der Waals surface area contributed by atoms with Gasteiger partial charge in [0.2, 0.25) is 10.0 Å². The average molecular weight is 325 g/mol. The van der Waals surface area contributed by atoms with Crippen LogP contribution in [0.5, 0.6) is 0 Å². The molecule has 1 aliphatic rings. The molecule has 0 aromatic heterocycles. The Bertz CT molecular complexity index is 636. The highest BCUT2D eigenvalue weighted by atomic mass is 32.2. The summed E-state index contributed by atoms with van der Waals surface area (Å²) in [4.78, 5) is 0.239. The molecule has 0 amide bonds. The SMILES string of the molecule is CC1(CNS(=O)(=O)c2ccc(C#CCO)cc2)CCCS1. The molecule has 114 valence electrons. The number of rotatable bonds is 4. The van der Waals surface area contributed by atoms with Gasteiger partial charge in [-0.2, -0.15) is 11.8 Å². The van der Waals surface area contributed by atoms with E-state index in [1.807, 2.05) is 11.8 Å². The standard InChI is InChI=1S/C15H19NO3S2/c1-15(9-3-11-20-15)12-16-21(18,19)14-7-5-13(6-8-14)4-2-10-17/h5-8,16-17H,3,9-12H2,1H3. The molecule has 1 unspecified atom stereocenters. The monoisotopic (exact) mass is 325 g/mol. The molecule has 1 aromatic carbocycles. The molecular formula is C15H19NO3S2. The second-order valence-corrected chi connectivity index (χ2v) is 8.66. The first-order valence-corrected chi connectivity index (χ1v) is 9.25. The summed E-state index contributed by atoms with van der Waals surface area (Å²) in [6.07, 6.45) is 2.18. The normalized spacial score (nSPS) is 21.8. The lowest BCUT2D eigenvalue weighted by Crippen LogP contribution is -2.36. The Morgan fingerprint density at radius 2 is 2.10 bits per heavy atom. The number of hydrogen-bond donors (Lipinski definition) is 2. The van der Waals surface area contributed by atoms with Crippen molar-refractivity contribution in [2.75, 3.05) is 18.9 Å². The molecule has 0 saturated carbocycles. The number of hydrogen-bond acceptors (Lipinski definition) is 4. The summed E-state index contributed by atoms with van der Waals surface area (Å²) in [5.74, 6) is 6.36. The number of nitrogens with one attached hydrogen (secondary N) is 1. The van der Waals surface area contributed by atoms with E-state index in [1.54, 1.807) is 12.1 Å². The van der Waals surface area contributed by atoms with E-state index in [-0.39, 0.29) is 16.2 Å². The lowest BCUT2D eigenvalue weighted by molar-refractivity contribution is 0.350. The van der Waals surface area contributed by atoms with Gasteiger partial charge in [-0.1, -0.05) is 11.8 Å². The summed E-state index contributed by atoms with van der Waals surface area (Å²) < 4.78 is 27.2. The van der Waals surface area contributed by atoms with Crippen molar-refractivity contribution in [1.82, 2.24) is 4.72 Å². The van der Waals surface area contributed by atoms with Crippen LogP contribution in [0.2, 0.25) is 0 Å². The molecule has 1 saturated heterocycles. The summed E-state index contributed by atoms with van der Waals surface area (Å²) in [6.45, 7) is 2.34. The third-order valence-electron chi connectivity index (χ3n) is 3.41. The molecule has 1 aliphatic heterocycles. The number of thioether (sulfide) groups is 1. The zero-order valence-corrected chi connectivity index (χ0v) is 13.6. The van der Waals surface area contributed by atoms with Crippen LogP contribution in [0.4, 0.5) is 0 Å². The van der Waals surface area contributed by atoms with Crippen molar-refractivity contribution in [3.63, 3.8) is 0 Å². The van der Waals surface area contributed by atoms with Crippen LogP contribution in [-0.2, 0) is 10.0 Å². The number of aliphatic hydroxyl groups is 1. The van der Waals surface area contributed by atoms with Gasteiger partial charge in [-0.3, -0.25) is 0 Å². The fourth-order valence-electron chi connectivity index (χ4n) is 2.17. The highest BCUT2D eigenvalue weighted by Gasteiger charge is 2.31. The Hall–Kier alpha value is -1.00.